The number of hydrogen-bond acceptors (Lipinski definition) is 6. The second kappa shape index (κ2) is 12.8. The molecule has 1 saturated heterocycles. The Kier molecular flexibility index (Phi) is 8.70. The second-order valence-corrected chi connectivity index (χ2v) is 12.5. The number of alkyl carbamates (subject to hydrolysis) is 1. The lowest BCUT2D eigenvalue weighted by atomic mass is 9.83. The highest BCUT2D eigenvalue weighted by molar-refractivity contribution is 6.30. The average Bonchev–Trinajstić information content (AvgIpc) is 3.60. The normalized spacial score (nSPS) is 25.5. The first-order valence-corrected chi connectivity index (χ1v) is 15.6. The standard InChI is InChI=1S/C33H37ClN4O5/c34-22-10-4-8-20(15-22)14-21-9-5-11-28(21)43-33(42)38-27(16-19-6-2-1-3-7-19)32(41)37-26-17-24-25(18-35-31(24)40)29(30(26)39)36-23-12-13-23/h1-4,6-8,10,15,21,23-24,26-28,36H,5,9,11-14,16-18H2,(H,35,40)(H,37,41)(H,38,42)/t21?,24-,26+,27+,28?/m1/s1. The van der Waals surface area contributed by atoms with E-state index >= 15 is 0 Å². The van der Waals surface area contributed by atoms with Crippen molar-refractivity contribution in [1.29, 1.82) is 0 Å². The maximum Gasteiger partial charge on any atom is 0.408 e. The molecular formula is C33H37ClN4O5. The molecule has 2 saturated carbocycles. The van der Waals surface area contributed by atoms with Crippen LogP contribution in [0, 0.1) is 11.8 Å². The number of nitrogens with one attached hydrogen (secondary N) is 4. The number of carbonyl (C=O) groups excluding carboxylic acids is 4. The molecule has 0 radical (unpaired) electrons. The molecule has 226 valence electrons. The summed E-state index contributed by atoms with van der Waals surface area (Å²) in [5.41, 5.74) is 3.17. The second-order valence-electron chi connectivity index (χ2n) is 12.1. The minimum atomic E-state index is -0.974. The van der Waals surface area contributed by atoms with Crippen molar-refractivity contribution in [3.63, 3.8) is 0 Å². The third-order valence-electron chi connectivity index (χ3n) is 8.91. The fraction of sp³-hybridized carbons (Fsp3) is 0.455. The molecule has 2 aromatic rings. The molecule has 5 atom stereocenters. The summed E-state index contributed by atoms with van der Waals surface area (Å²) in [5.74, 6) is -1.16. The Morgan fingerprint density at radius 3 is 2.56 bits per heavy atom. The summed E-state index contributed by atoms with van der Waals surface area (Å²) in [5, 5.41) is 12.5. The van der Waals surface area contributed by atoms with E-state index in [9.17, 15) is 19.2 Å². The van der Waals surface area contributed by atoms with Crippen LogP contribution < -0.4 is 21.3 Å². The van der Waals surface area contributed by atoms with Crippen molar-refractivity contribution in [2.24, 2.45) is 11.8 Å². The van der Waals surface area contributed by atoms with E-state index in [-0.39, 0.29) is 42.6 Å². The van der Waals surface area contributed by atoms with Gasteiger partial charge in [0.25, 0.3) is 0 Å². The molecule has 0 aromatic heterocycles. The molecule has 6 rings (SSSR count). The van der Waals surface area contributed by atoms with Gasteiger partial charge in [0.15, 0.2) is 0 Å². The molecule has 0 bridgehead atoms. The SMILES string of the molecule is O=C(N[C@@H](Cc1ccccc1)C(=O)N[C@H]1C[C@H]2C(=O)NCC2=C(NC2CC2)C1=O)OC1CCCC1Cc1cccc(Cl)c1. The number of Topliss-reactive ketones (excluding diaryl/α,β-unsaturated/α-hetero) is 1. The summed E-state index contributed by atoms with van der Waals surface area (Å²) in [6, 6.07) is 15.5. The Hall–Kier alpha value is -3.85. The number of carbonyl (C=O) groups is 4. The summed E-state index contributed by atoms with van der Waals surface area (Å²) in [7, 11) is 0. The molecule has 4 N–H and O–H groups in total. The lowest BCUT2D eigenvalue weighted by Crippen LogP contribution is -2.55. The van der Waals surface area contributed by atoms with Crippen LogP contribution in [0.25, 0.3) is 0 Å². The van der Waals surface area contributed by atoms with Gasteiger partial charge in [0, 0.05) is 29.9 Å². The van der Waals surface area contributed by atoms with Crippen molar-refractivity contribution in [3.8, 4) is 0 Å². The summed E-state index contributed by atoms with van der Waals surface area (Å²) in [6.07, 6.45) is 4.79. The van der Waals surface area contributed by atoms with Crippen LogP contribution in [0.4, 0.5) is 4.79 Å². The summed E-state index contributed by atoms with van der Waals surface area (Å²) < 4.78 is 5.89. The molecule has 10 heteroatoms. The maximum atomic E-state index is 13.7. The topological polar surface area (TPSA) is 126 Å². The zero-order valence-electron chi connectivity index (χ0n) is 23.9. The Labute approximate surface area is 256 Å². The van der Waals surface area contributed by atoms with Crippen LogP contribution in [0.1, 0.15) is 49.7 Å². The predicted molar refractivity (Wildman–Crippen MR) is 161 cm³/mol. The third kappa shape index (κ3) is 7.04. The van der Waals surface area contributed by atoms with E-state index < -0.39 is 30.0 Å². The molecule has 1 heterocycles. The van der Waals surface area contributed by atoms with Crippen molar-refractivity contribution in [2.75, 3.05) is 6.54 Å². The maximum absolute atomic E-state index is 13.7. The Balaban J connectivity index is 1.14. The first kappa shape index (κ1) is 29.2. The first-order valence-electron chi connectivity index (χ1n) is 15.2. The van der Waals surface area contributed by atoms with Crippen LogP contribution in [0.15, 0.2) is 65.9 Å². The first-order chi connectivity index (χ1) is 20.8. The summed E-state index contributed by atoms with van der Waals surface area (Å²) in [4.78, 5) is 53.0. The van der Waals surface area contributed by atoms with Crippen LogP contribution >= 0.6 is 11.6 Å². The number of benzene rings is 2. The number of fused-ring (bicyclic) bond motifs is 1. The highest BCUT2D eigenvalue weighted by atomic mass is 35.5. The van der Waals surface area contributed by atoms with Gasteiger partial charge in [-0.05, 0) is 73.8 Å². The highest BCUT2D eigenvalue weighted by Crippen LogP contribution is 2.34. The lowest BCUT2D eigenvalue weighted by molar-refractivity contribution is -0.129. The molecule has 3 fully saturated rings. The number of ketones is 1. The molecular weight excluding hydrogens is 568 g/mol. The zero-order chi connectivity index (χ0) is 29.9. The van der Waals surface area contributed by atoms with E-state index in [4.69, 9.17) is 16.3 Å². The van der Waals surface area contributed by atoms with Gasteiger partial charge in [0.2, 0.25) is 17.6 Å². The van der Waals surface area contributed by atoms with Crippen LogP contribution in [0.3, 0.4) is 0 Å². The number of rotatable bonds is 10. The Bertz CT molecular complexity index is 1430. The van der Waals surface area contributed by atoms with Crippen LogP contribution in [0.5, 0.6) is 0 Å². The zero-order valence-corrected chi connectivity index (χ0v) is 24.7. The number of amides is 3. The van der Waals surface area contributed by atoms with E-state index in [0.717, 1.165) is 55.2 Å². The van der Waals surface area contributed by atoms with E-state index in [0.29, 0.717) is 17.3 Å². The monoisotopic (exact) mass is 604 g/mol. The Morgan fingerprint density at radius 1 is 1.00 bits per heavy atom. The van der Waals surface area contributed by atoms with Crippen LogP contribution in [-0.4, -0.2) is 54.5 Å². The number of halogens is 1. The van der Waals surface area contributed by atoms with Gasteiger partial charge >= 0.3 is 6.09 Å². The minimum Gasteiger partial charge on any atom is -0.446 e. The van der Waals surface area contributed by atoms with Crippen molar-refractivity contribution in [1.82, 2.24) is 21.3 Å². The molecule has 3 amide bonds. The van der Waals surface area contributed by atoms with Crippen molar-refractivity contribution < 1.29 is 23.9 Å². The van der Waals surface area contributed by atoms with E-state index in [2.05, 4.69) is 21.3 Å². The van der Waals surface area contributed by atoms with E-state index in [1.165, 1.54) is 0 Å². The van der Waals surface area contributed by atoms with Crippen LogP contribution in [0.2, 0.25) is 5.02 Å². The number of ether oxygens (including phenoxy) is 1. The third-order valence-corrected chi connectivity index (χ3v) is 9.15. The predicted octanol–water partition coefficient (Wildman–Crippen LogP) is 3.60. The minimum absolute atomic E-state index is 0.136. The van der Waals surface area contributed by atoms with Crippen molar-refractivity contribution in [2.45, 2.75) is 75.6 Å². The van der Waals surface area contributed by atoms with Gasteiger partial charge in [0.05, 0.1) is 17.7 Å². The molecule has 3 aliphatic carbocycles. The fourth-order valence-electron chi connectivity index (χ4n) is 6.50. The molecule has 2 aromatic carbocycles. The van der Waals surface area contributed by atoms with Crippen LogP contribution in [-0.2, 0) is 32.0 Å². The Morgan fingerprint density at radius 2 is 1.79 bits per heavy atom. The van der Waals surface area contributed by atoms with Crippen molar-refractivity contribution >= 4 is 35.3 Å². The highest BCUT2D eigenvalue weighted by Gasteiger charge is 2.44. The molecule has 9 nitrogen and oxygen atoms in total. The molecule has 0 spiro atoms. The van der Waals surface area contributed by atoms with Gasteiger partial charge in [0.1, 0.15) is 12.1 Å². The largest absolute Gasteiger partial charge is 0.446 e. The van der Waals surface area contributed by atoms with Gasteiger partial charge < -0.3 is 26.0 Å². The number of hydrogen-bond donors (Lipinski definition) is 4. The van der Waals surface area contributed by atoms with E-state index in [1.807, 2.05) is 54.6 Å². The summed E-state index contributed by atoms with van der Waals surface area (Å²) in [6.45, 7) is 0.342. The van der Waals surface area contributed by atoms with Crippen molar-refractivity contribution in [3.05, 3.63) is 82.0 Å². The van der Waals surface area contributed by atoms with Gasteiger partial charge in [-0.1, -0.05) is 54.1 Å². The molecule has 2 unspecified atom stereocenters. The van der Waals surface area contributed by atoms with Gasteiger partial charge in [-0.2, -0.15) is 0 Å². The fourth-order valence-corrected chi connectivity index (χ4v) is 6.71. The molecule has 43 heavy (non-hydrogen) atoms. The molecule has 4 aliphatic rings. The quantitative estimate of drug-likeness (QED) is 0.328. The smallest absolute Gasteiger partial charge is 0.408 e. The lowest BCUT2D eigenvalue weighted by Gasteiger charge is -2.30. The van der Waals surface area contributed by atoms with E-state index in [1.54, 1.807) is 0 Å². The summed E-state index contributed by atoms with van der Waals surface area (Å²) >= 11 is 6.17. The molecule has 1 aliphatic heterocycles. The van der Waals surface area contributed by atoms with Gasteiger partial charge in [-0.3, -0.25) is 14.4 Å². The van der Waals surface area contributed by atoms with Gasteiger partial charge in [-0.25, -0.2) is 4.79 Å². The average molecular weight is 605 g/mol. The van der Waals surface area contributed by atoms with Gasteiger partial charge in [-0.15, -0.1) is 0 Å².